The Balaban J connectivity index is 1.86. The molecule has 2 aliphatic rings. The Morgan fingerprint density at radius 2 is 1.59 bits per heavy atom. The second-order valence-electron chi connectivity index (χ2n) is 6.10. The minimum absolute atomic E-state index is 0.292. The van der Waals surface area contributed by atoms with Crippen LogP contribution in [-0.2, 0) is 14.3 Å². The van der Waals surface area contributed by atoms with Gasteiger partial charge in [0.25, 0.3) is 0 Å². The summed E-state index contributed by atoms with van der Waals surface area (Å²) in [6.45, 7) is 5.86. The summed E-state index contributed by atoms with van der Waals surface area (Å²) < 4.78 is 5.54. The molecular formula is C17H19NO4. The van der Waals surface area contributed by atoms with E-state index in [1.165, 1.54) is 0 Å². The zero-order valence-corrected chi connectivity index (χ0v) is 12.8. The maximum absolute atomic E-state index is 12.6. The summed E-state index contributed by atoms with van der Waals surface area (Å²) in [6, 6.07) is 3.99. The molecule has 5 nitrogen and oxygen atoms in total. The molecule has 2 N–H and O–H groups in total. The monoisotopic (exact) mass is 301 g/mol. The molecule has 0 unspecified atom stereocenters. The van der Waals surface area contributed by atoms with E-state index in [0.29, 0.717) is 0 Å². The molecule has 1 aromatic carbocycles. The number of aryl methyl sites for hydroxylation is 3. The number of carbonyl (C=O) groups is 2. The van der Waals surface area contributed by atoms with E-state index >= 15 is 0 Å². The third kappa shape index (κ3) is 2.31. The lowest BCUT2D eigenvalue weighted by molar-refractivity contribution is -0.145. The lowest BCUT2D eigenvalue weighted by Gasteiger charge is -2.22. The van der Waals surface area contributed by atoms with E-state index in [9.17, 15) is 14.7 Å². The highest BCUT2D eigenvalue weighted by molar-refractivity contribution is 5.97. The van der Waals surface area contributed by atoms with Crippen LogP contribution < -0.4 is 5.32 Å². The van der Waals surface area contributed by atoms with Gasteiger partial charge in [-0.1, -0.05) is 29.8 Å². The first-order valence-corrected chi connectivity index (χ1v) is 7.34. The average molecular weight is 301 g/mol. The van der Waals surface area contributed by atoms with Gasteiger partial charge in [-0.25, -0.2) is 0 Å². The number of rotatable bonds is 3. The Morgan fingerprint density at radius 3 is 2.14 bits per heavy atom. The third-order valence-corrected chi connectivity index (χ3v) is 4.41. The van der Waals surface area contributed by atoms with Gasteiger partial charge >= 0.3 is 5.97 Å². The minimum Gasteiger partial charge on any atom is -0.481 e. The summed E-state index contributed by atoms with van der Waals surface area (Å²) in [6.07, 6.45) is 2.56. The molecule has 0 radical (unpaired) electrons. The van der Waals surface area contributed by atoms with E-state index in [2.05, 4.69) is 5.32 Å². The van der Waals surface area contributed by atoms with Gasteiger partial charge in [0.2, 0.25) is 5.91 Å². The van der Waals surface area contributed by atoms with Crippen LogP contribution in [0.1, 0.15) is 16.7 Å². The van der Waals surface area contributed by atoms with Crippen molar-refractivity contribution in [2.75, 3.05) is 5.32 Å². The van der Waals surface area contributed by atoms with Crippen LogP contribution >= 0.6 is 0 Å². The Hall–Kier alpha value is -2.14. The van der Waals surface area contributed by atoms with Gasteiger partial charge < -0.3 is 15.2 Å². The van der Waals surface area contributed by atoms with Crippen LogP contribution in [0.3, 0.4) is 0 Å². The molecule has 4 atom stereocenters. The summed E-state index contributed by atoms with van der Waals surface area (Å²) in [4.78, 5) is 24.1. The van der Waals surface area contributed by atoms with Gasteiger partial charge in [-0.3, -0.25) is 9.59 Å². The smallest absolute Gasteiger partial charge is 0.310 e. The molecule has 22 heavy (non-hydrogen) atoms. The van der Waals surface area contributed by atoms with Gasteiger partial charge in [-0.15, -0.1) is 0 Å². The van der Waals surface area contributed by atoms with Crippen molar-refractivity contribution in [3.05, 3.63) is 41.0 Å². The van der Waals surface area contributed by atoms with Crippen molar-refractivity contribution in [1.82, 2.24) is 0 Å². The molecule has 0 saturated carbocycles. The maximum Gasteiger partial charge on any atom is 0.310 e. The largest absolute Gasteiger partial charge is 0.481 e. The number of aliphatic carboxylic acids is 1. The van der Waals surface area contributed by atoms with Crippen LogP contribution in [-0.4, -0.2) is 29.2 Å². The molecule has 1 fully saturated rings. The highest BCUT2D eigenvalue weighted by Gasteiger charge is 2.53. The van der Waals surface area contributed by atoms with Crippen molar-refractivity contribution in [1.29, 1.82) is 0 Å². The second-order valence-corrected chi connectivity index (χ2v) is 6.10. The molecule has 1 amide bonds. The molecule has 2 aliphatic heterocycles. The van der Waals surface area contributed by atoms with E-state index in [1.807, 2.05) is 32.9 Å². The molecule has 0 aliphatic carbocycles. The number of benzene rings is 1. The standard InChI is InChI=1S/C17H19NO4/c1-8-6-9(2)15(10(3)7-8)18-16(19)13-11-4-5-12(22-11)14(13)17(20)21/h4-7,11-14H,1-3H3,(H,18,19)(H,20,21)/t11-,12+,13+,14+/m1/s1. The molecule has 0 aromatic heterocycles. The van der Waals surface area contributed by atoms with Crippen molar-refractivity contribution in [3.63, 3.8) is 0 Å². The molecule has 1 aromatic rings. The number of hydrogen-bond donors (Lipinski definition) is 2. The lowest BCUT2D eigenvalue weighted by atomic mass is 9.82. The van der Waals surface area contributed by atoms with Crippen molar-refractivity contribution in [2.24, 2.45) is 11.8 Å². The fourth-order valence-corrected chi connectivity index (χ4v) is 3.50. The van der Waals surface area contributed by atoms with Crippen molar-refractivity contribution in [3.8, 4) is 0 Å². The van der Waals surface area contributed by atoms with Gasteiger partial charge in [-0.2, -0.15) is 0 Å². The van der Waals surface area contributed by atoms with Gasteiger partial charge in [-0.05, 0) is 31.9 Å². The highest BCUT2D eigenvalue weighted by atomic mass is 16.5. The Morgan fingerprint density at radius 1 is 1.05 bits per heavy atom. The quantitative estimate of drug-likeness (QED) is 0.839. The fourth-order valence-electron chi connectivity index (χ4n) is 3.50. The second kappa shape index (κ2) is 5.25. The number of fused-ring (bicyclic) bond motifs is 2. The highest BCUT2D eigenvalue weighted by Crippen LogP contribution is 2.40. The summed E-state index contributed by atoms with van der Waals surface area (Å²) >= 11 is 0. The summed E-state index contributed by atoms with van der Waals surface area (Å²) in [5.41, 5.74) is 3.82. The fraction of sp³-hybridized carbons (Fsp3) is 0.412. The molecule has 2 heterocycles. The predicted molar refractivity (Wildman–Crippen MR) is 81.7 cm³/mol. The van der Waals surface area contributed by atoms with Crippen LogP contribution in [0.25, 0.3) is 0 Å². The Bertz CT molecular complexity index is 656. The van der Waals surface area contributed by atoms with E-state index < -0.39 is 30.0 Å². The van der Waals surface area contributed by atoms with Crippen molar-refractivity contribution >= 4 is 17.6 Å². The SMILES string of the molecule is Cc1cc(C)c(NC(=O)[C@@H]2[C@@H](C(=O)O)[C@@H]3C=C[C@H]2O3)c(C)c1. The molecule has 116 valence electrons. The van der Waals surface area contributed by atoms with Gasteiger partial charge in [0.1, 0.15) is 5.92 Å². The number of hydrogen-bond acceptors (Lipinski definition) is 3. The van der Waals surface area contributed by atoms with Gasteiger partial charge in [0.05, 0.1) is 18.1 Å². The van der Waals surface area contributed by atoms with Crippen LogP contribution in [0, 0.1) is 32.6 Å². The first kappa shape index (κ1) is 14.8. The minimum atomic E-state index is -0.991. The molecule has 2 bridgehead atoms. The number of carbonyl (C=O) groups excluding carboxylic acids is 1. The van der Waals surface area contributed by atoms with Crippen LogP contribution in [0.4, 0.5) is 5.69 Å². The zero-order valence-electron chi connectivity index (χ0n) is 12.8. The zero-order chi connectivity index (χ0) is 16.0. The number of nitrogens with one attached hydrogen (secondary N) is 1. The van der Waals surface area contributed by atoms with Gasteiger partial charge in [0, 0.05) is 5.69 Å². The summed E-state index contributed by atoms with van der Waals surface area (Å²) in [5.74, 6) is -2.79. The lowest BCUT2D eigenvalue weighted by Crippen LogP contribution is -2.39. The van der Waals surface area contributed by atoms with E-state index in [0.717, 1.165) is 22.4 Å². The summed E-state index contributed by atoms with van der Waals surface area (Å²) in [7, 11) is 0. The third-order valence-electron chi connectivity index (χ3n) is 4.41. The molecule has 3 rings (SSSR count). The number of amides is 1. The average Bonchev–Trinajstić information content (AvgIpc) is 3.02. The van der Waals surface area contributed by atoms with E-state index in [-0.39, 0.29) is 5.91 Å². The molecular weight excluding hydrogens is 282 g/mol. The maximum atomic E-state index is 12.6. The number of carboxylic acids is 1. The van der Waals surface area contributed by atoms with Crippen LogP contribution in [0.5, 0.6) is 0 Å². The van der Waals surface area contributed by atoms with E-state index in [1.54, 1.807) is 12.2 Å². The topological polar surface area (TPSA) is 75.6 Å². The van der Waals surface area contributed by atoms with Crippen LogP contribution in [0.15, 0.2) is 24.3 Å². The Labute approximate surface area is 129 Å². The van der Waals surface area contributed by atoms with E-state index in [4.69, 9.17) is 4.74 Å². The number of anilines is 1. The molecule has 0 spiro atoms. The normalized spacial score (nSPS) is 28.9. The van der Waals surface area contributed by atoms with Crippen molar-refractivity contribution < 1.29 is 19.4 Å². The van der Waals surface area contributed by atoms with Crippen LogP contribution in [0.2, 0.25) is 0 Å². The molecule has 5 heteroatoms. The van der Waals surface area contributed by atoms with Gasteiger partial charge in [0.15, 0.2) is 0 Å². The number of ether oxygens (including phenoxy) is 1. The summed E-state index contributed by atoms with van der Waals surface area (Å²) in [5, 5.41) is 12.3. The first-order chi connectivity index (χ1) is 10.4. The number of carboxylic acid groups (broad SMARTS) is 1. The predicted octanol–water partition coefficient (Wildman–Crippen LogP) is 2.20. The Kier molecular flexibility index (Phi) is 3.53. The molecule has 1 saturated heterocycles. The van der Waals surface area contributed by atoms with Crippen molar-refractivity contribution in [2.45, 2.75) is 33.0 Å². The first-order valence-electron chi connectivity index (χ1n) is 7.34.